The zero-order valence-corrected chi connectivity index (χ0v) is 11.6. The fourth-order valence-corrected chi connectivity index (χ4v) is 2.59. The van der Waals surface area contributed by atoms with Crippen LogP contribution in [0.1, 0.15) is 18.1 Å². The normalized spacial score (nSPS) is 23.8. The molecule has 2 N–H and O–H groups in total. The lowest BCUT2D eigenvalue weighted by Crippen LogP contribution is -2.55. The van der Waals surface area contributed by atoms with Crippen LogP contribution in [-0.2, 0) is 5.54 Å². The van der Waals surface area contributed by atoms with Crippen molar-refractivity contribution >= 4 is 0 Å². The van der Waals surface area contributed by atoms with Crippen molar-refractivity contribution in [3.8, 4) is 11.5 Å². The lowest BCUT2D eigenvalue weighted by molar-refractivity contribution is 0.298. The Morgan fingerprint density at radius 2 is 1.78 bits per heavy atom. The minimum atomic E-state index is -0.0537. The van der Waals surface area contributed by atoms with Crippen molar-refractivity contribution in [2.45, 2.75) is 19.4 Å². The number of hydrogen-bond donors (Lipinski definition) is 2. The van der Waals surface area contributed by atoms with Crippen LogP contribution in [0.25, 0.3) is 0 Å². The van der Waals surface area contributed by atoms with Crippen molar-refractivity contribution in [1.29, 1.82) is 0 Å². The van der Waals surface area contributed by atoms with Gasteiger partial charge in [-0.1, -0.05) is 0 Å². The number of aryl methyl sites for hydroxylation is 1. The molecule has 0 aromatic heterocycles. The summed E-state index contributed by atoms with van der Waals surface area (Å²) in [5.41, 5.74) is 2.42. The van der Waals surface area contributed by atoms with Crippen LogP contribution >= 0.6 is 0 Å². The number of methoxy groups -OCH3 is 2. The molecule has 1 fully saturated rings. The molecule has 0 bridgehead atoms. The van der Waals surface area contributed by atoms with Crippen LogP contribution in [0.3, 0.4) is 0 Å². The van der Waals surface area contributed by atoms with Crippen molar-refractivity contribution in [2.24, 2.45) is 0 Å². The molecule has 1 aliphatic heterocycles. The molecule has 0 aliphatic carbocycles. The molecule has 100 valence electrons. The van der Waals surface area contributed by atoms with E-state index < -0.39 is 0 Å². The van der Waals surface area contributed by atoms with E-state index >= 15 is 0 Å². The van der Waals surface area contributed by atoms with Crippen LogP contribution in [0.4, 0.5) is 0 Å². The van der Waals surface area contributed by atoms with Gasteiger partial charge in [-0.15, -0.1) is 0 Å². The number of rotatable bonds is 3. The monoisotopic (exact) mass is 250 g/mol. The Hall–Kier alpha value is -1.26. The van der Waals surface area contributed by atoms with Crippen LogP contribution in [0, 0.1) is 6.92 Å². The van der Waals surface area contributed by atoms with Gasteiger partial charge in [0.15, 0.2) is 11.5 Å². The first kappa shape index (κ1) is 13.2. The van der Waals surface area contributed by atoms with Crippen molar-refractivity contribution in [3.63, 3.8) is 0 Å². The number of ether oxygens (including phenoxy) is 2. The van der Waals surface area contributed by atoms with E-state index in [4.69, 9.17) is 9.47 Å². The Labute approximate surface area is 109 Å². The fourth-order valence-electron chi connectivity index (χ4n) is 2.59. The number of piperazine rings is 1. The van der Waals surface area contributed by atoms with Gasteiger partial charge < -0.3 is 20.1 Å². The van der Waals surface area contributed by atoms with Crippen molar-refractivity contribution in [2.75, 3.05) is 33.9 Å². The molecule has 0 amide bonds. The summed E-state index contributed by atoms with van der Waals surface area (Å²) < 4.78 is 10.7. The lowest BCUT2D eigenvalue weighted by atomic mass is 9.87. The Morgan fingerprint density at radius 3 is 2.33 bits per heavy atom. The van der Waals surface area contributed by atoms with E-state index in [9.17, 15) is 0 Å². The maximum atomic E-state index is 5.39. The molecule has 1 atom stereocenters. The van der Waals surface area contributed by atoms with Crippen LogP contribution in [0.5, 0.6) is 11.5 Å². The summed E-state index contributed by atoms with van der Waals surface area (Å²) in [5, 5.41) is 7.02. The number of nitrogens with one attached hydrogen (secondary N) is 2. The van der Waals surface area contributed by atoms with Crippen LogP contribution in [0.15, 0.2) is 12.1 Å². The van der Waals surface area contributed by atoms with Gasteiger partial charge in [0.05, 0.1) is 19.8 Å². The third-order valence-corrected chi connectivity index (χ3v) is 3.62. The molecule has 4 nitrogen and oxygen atoms in total. The molecule has 18 heavy (non-hydrogen) atoms. The first-order valence-corrected chi connectivity index (χ1v) is 6.29. The standard InChI is InChI=1S/C14H22N2O2/c1-10-7-12(17-3)13(18-4)8-11(10)14(2)9-15-5-6-16-14/h7-8,15-16H,5-6,9H2,1-4H3. The SMILES string of the molecule is COc1cc(C)c(C2(C)CNCCN2)cc1OC. The number of hydrogen-bond acceptors (Lipinski definition) is 4. The predicted molar refractivity (Wildman–Crippen MR) is 72.5 cm³/mol. The van der Waals surface area contributed by atoms with E-state index in [1.807, 2.05) is 6.07 Å². The van der Waals surface area contributed by atoms with Gasteiger partial charge in [-0.3, -0.25) is 0 Å². The van der Waals surface area contributed by atoms with Crippen LogP contribution in [0.2, 0.25) is 0 Å². The van der Waals surface area contributed by atoms with Gasteiger partial charge in [0.2, 0.25) is 0 Å². The quantitative estimate of drug-likeness (QED) is 0.851. The summed E-state index contributed by atoms with van der Waals surface area (Å²) >= 11 is 0. The first-order chi connectivity index (χ1) is 8.60. The summed E-state index contributed by atoms with van der Waals surface area (Å²) in [6.45, 7) is 7.24. The molecule has 0 spiro atoms. The molecule has 0 radical (unpaired) electrons. The van der Waals surface area contributed by atoms with E-state index in [1.165, 1.54) is 11.1 Å². The van der Waals surface area contributed by atoms with E-state index in [-0.39, 0.29) is 5.54 Å². The summed E-state index contributed by atoms with van der Waals surface area (Å²) in [6, 6.07) is 4.11. The Bertz CT molecular complexity index is 426. The second-order valence-electron chi connectivity index (χ2n) is 4.96. The maximum Gasteiger partial charge on any atom is 0.161 e. The van der Waals surface area contributed by atoms with Crippen molar-refractivity contribution < 1.29 is 9.47 Å². The van der Waals surface area contributed by atoms with Crippen molar-refractivity contribution in [3.05, 3.63) is 23.3 Å². The average Bonchev–Trinajstić information content (AvgIpc) is 2.39. The Balaban J connectivity index is 2.43. The molecule has 1 saturated heterocycles. The largest absolute Gasteiger partial charge is 0.493 e. The van der Waals surface area contributed by atoms with Crippen LogP contribution < -0.4 is 20.1 Å². The molecular weight excluding hydrogens is 228 g/mol. The smallest absolute Gasteiger partial charge is 0.161 e. The van der Waals surface area contributed by atoms with E-state index in [2.05, 4.69) is 30.5 Å². The minimum Gasteiger partial charge on any atom is -0.493 e. The second kappa shape index (κ2) is 5.16. The molecule has 4 heteroatoms. The van der Waals surface area contributed by atoms with Crippen LogP contribution in [-0.4, -0.2) is 33.9 Å². The summed E-state index contributed by atoms with van der Waals surface area (Å²) in [7, 11) is 3.34. The lowest BCUT2D eigenvalue weighted by Gasteiger charge is -2.37. The van der Waals surface area contributed by atoms with Gasteiger partial charge in [0.25, 0.3) is 0 Å². The zero-order valence-electron chi connectivity index (χ0n) is 11.6. The first-order valence-electron chi connectivity index (χ1n) is 6.29. The molecule has 0 saturated carbocycles. The molecule has 1 unspecified atom stereocenters. The second-order valence-corrected chi connectivity index (χ2v) is 4.96. The van der Waals surface area contributed by atoms with E-state index in [1.54, 1.807) is 14.2 Å². The average molecular weight is 250 g/mol. The summed E-state index contributed by atoms with van der Waals surface area (Å²) in [4.78, 5) is 0. The highest BCUT2D eigenvalue weighted by Gasteiger charge is 2.30. The molecular formula is C14H22N2O2. The van der Waals surface area contributed by atoms with E-state index in [0.717, 1.165) is 31.1 Å². The van der Waals surface area contributed by atoms with E-state index in [0.29, 0.717) is 0 Å². The van der Waals surface area contributed by atoms with Gasteiger partial charge >= 0.3 is 0 Å². The highest BCUT2D eigenvalue weighted by molar-refractivity contribution is 5.49. The Morgan fingerprint density at radius 1 is 1.11 bits per heavy atom. The van der Waals surface area contributed by atoms with Gasteiger partial charge in [-0.05, 0) is 37.1 Å². The predicted octanol–water partition coefficient (Wildman–Crippen LogP) is 1.42. The molecule has 1 aliphatic rings. The molecule has 1 heterocycles. The third kappa shape index (κ3) is 2.31. The zero-order chi connectivity index (χ0) is 13.2. The molecule has 1 aromatic rings. The van der Waals surface area contributed by atoms with Gasteiger partial charge in [-0.2, -0.15) is 0 Å². The Kier molecular flexibility index (Phi) is 3.78. The molecule has 2 rings (SSSR count). The fraction of sp³-hybridized carbons (Fsp3) is 0.571. The third-order valence-electron chi connectivity index (χ3n) is 3.62. The summed E-state index contributed by atoms with van der Waals surface area (Å²) in [6.07, 6.45) is 0. The van der Waals surface area contributed by atoms with Gasteiger partial charge in [0, 0.05) is 19.6 Å². The summed E-state index contributed by atoms with van der Waals surface area (Å²) in [5.74, 6) is 1.57. The molecule has 1 aromatic carbocycles. The minimum absolute atomic E-state index is 0.0537. The highest BCUT2D eigenvalue weighted by Crippen LogP contribution is 2.35. The topological polar surface area (TPSA) is 42.5 Å². The van der Waals surface area contributed by atoms with Gasteiger partial charge in [-0.25, -0.2) is 0 Å². The van der Waals surface area contributed by atoms with Crippen molar-refractivity contribution in [1.82, 2.24) is 10.6 Å². The number of benzene rings is 1. The maximum absolute atomic E-state index is 5.39. The highest BCUT2D eigenvalue weighted by atomic mass is 16.5. The van der Waals surface area contributed by atoms with Gasteiger partial charge in [0.1, 0.15) is 0 Å².